The van der Waals surface area contributed by atoms with E-state index in [9.17, 15) is 0 Å². The summed E-state index contributed by atoms with van der Waals surface area (Å²) in [5, 5.41) is 0. The van der Waals surface area contributed by atoms with Gasteiger partial charge in [0.1, 0.15) is 0 Å². The van der Waals surface area contributed by atoms with Gasteiger partial charge in [-0.25, -0.2) is 0 Å². The first-order valence-corrected chi connectivity index (χ1v) is 4.75. The van der Waals surface area contributed by atoms with Gasteiger partial charge < -0.3 is 0 Å². The van der Waals surface area contributed by atoms with Gasteiger partial charge in [-0.15, -0.1) is 0 Å². The summed E-state index contributed by atoms with van der Waals surface area (Å²) in [6.07, 6.45) is 7.70. The van der Waals surface area contributed by atoms with Crippen molar-refractivity contribution in [1.82, 2.24) is 0 Å². The third-order valence-corrected chi connectivity index (χ3v) is 3.89. The van der Waals surface area contributed by atoms with Gasteiger partial charge in [-0.2, -0.15) is 0 Å². The Labute approximate surface area is 64.0 Å². The van der Waals surface area contributed by atoms with Crippen LogP contribution in [0, 0.1) is 17.3 Å². The van der Waals surface area contributed by atoms with E-state index in [1.54, 1.807) is 19.3 Å². The highest BCUT2D eigenvalue weighted by Gasteiger charge is 2.51. The molecule has 2 aliphatic rings. The van der Waals surface area contributed by atoms with E-state index in [4.69, 9.17) is 0 Å². The predicted molar refractivity (Wildman–Crippen MR) is 43.8 cm³/mol. The predicted octanol–water partition coefficient (Wildman–Crippen LogP) is 3.22. The maximum Gasteiger partial charge on any atom is -0.0267 e. The standard InChI is InChI=1S/C10H18/c1-8(2)9-4-7-10(9)5-3-6-10/h8-9H,3-7H2,1-2H3. The fourth-order valence-corrected chi connectivity index (χ4v) is 3.01. The molecule has 10 heavy (non-hydrogen) atoms. The van der Waals surface area contributed by atoms with E-state index in [-0.39, 0.29) is 0 Å². The lowest BCUT2D eigenvalue weighted by molar-refractivity contribution is -0.0729. The molecule has 58 valence electrons. The molecule has 2 aliphatic carbocycles. The second-order valence-electron chi connectivity index (χ2n) is 4.61. The molecule has 2 fully saturated rings. The molecular weight excluding hydrogens is 120 g/mol. The van der Waals surface area contributed by atoms with Gasteiger partial charge in [0.15, 0.2) is 0 Å². The lowest BCUT2D eigenvalue weighted by atomic mass is 9.47. The Morgan fingerprint density at radius 1 is 1.20 bits per heavy atom. The van der Waals surface area contributed by atoms with Crippen LogP contribution in [0.4, 0.5) is 0 Å². The Bertz CT molecular complexity index is 125. The van der Waals surface area contributed by atoms with Crippen molar-refractivity contribution in [3.8, 4) is 0 Å². The van der Waals surface area contributed by atoms with Crippen molar-refractivity contribution in [1.29, 1.82) is 0 Å². The quantitative estimate of drug-likeness (QED) is 0.522. The van der Waals surface area contributed by atoms with E-state index >= 15 is 0 Å². The maximum absolute atomic E-state index is 2.39. The average molecular weight is 138 g/mol. The summed E-state index contributed by atoms with van der Waals surface area (Å²) >= 11 is 0. The molecule has 0 aliphatic heterocycles. The second-order valence-corrected chi connectivity index (χ2v) is 4.61. The van der Waals surface area contributed by atoms with Gasteiger partial charge in [0, 0.05) is 0 Å². The van der Waals surface area contributed by atoms with Crippen molar-refractivity contribution in [2.75, 3.05) is 0 Å². The van der Waals surface area contributed by atoms with Crippen LogP contribution in [0.15, 0.2) is 0 Å². The largest absolute Gasteiger partial charge is 0.0625 e. The highest BCUT2D eigenvalue weighted by Crippen LogP contribution is 2.61. The van der Waals surface area contributed by atoms with Crippen molar-refractivity contribution in [2.24, 2.45) is 17.3 Å². The Morgan fingerprint density at radius 3 is 2.00 bits per heavy atom. The van der Waals surface area contributed by atoms with Crippen LogP contribution in [0.1, 0.15) is 46.0 Å². The van der Waals surface area contributed by atoms with E-state index in [0.717, 1.165) is 17.3 Å². The van der Waals surface area contributed by atoms with Crippen LogP contribution in [0.2, 0.25) is 0 Å². The molecule has 1 atom stereocenters. The SMILES string of the molecule is CC(C)C1CCC12CCC2. The molecule has 0 aromatic rings. The summed E-state index contributed by atoms with van der Waals surface area (Å²) in [4.78, 5) is 0. The summed E-state index contributed by atoms with van der Waals surface area (Å²) in [5.41, 5.74) is 0.883. The first-order valence-electron chi connectivity index (χ1n) is 4.75. The van der Waals surface area contributed by atoms with E-state index < -0.39 is 0 Å². The molecule has 0 heterocycles. The minimum Gasteiger partial charge on any atom is -0.0625 e. The number of hydrogen-bond acceptors (Lipinski definition) is 0. The maximum atomic E-state index is 2.39. The Balaban J connectivity index is 1.99. The number of hydrogen-bond donors (Lipinski definition) is 0. The van der Waals surface area contributed by atoms with Crippen LogP contribution >= 0.6 is 0 Å². The highest BCUT2D eigenvalue weighted by atomic mass is 14.6. The first kappa shape index (κ1) is 6.69. The molecule has 1 unspecified atom stereocenters. The van der Waals surface area contributed by atoms with Crippen molar-refractivity contribution < 1.29 is 0 Å². The van der Waals surface area contributed by atoms with Crippen LogP contribution in [-0.4, -0.2) is 0 Å². The zero-order chi connectivity index (χ0) is 7.19. The fraction of sp³-hybridized carbons (Fsp3) is 1.00. The fourth-order valence-electron chi connectivity index (χ4n) is 3.01. The molecule has 0 saturated heterocycles. The molecule has 2 rings (SSSR count). The lowest BCUT2D eigenvalue weighted by Crippen LogP contribution is -2.47. The Kier molecular flexibility index (Phi) is 1.33. The van der Waals surface area contributed by atoms with E-state index in [1.165, 1.54) is 12.8 Å². The summed E-state index contributed by atoms with van der Waals surface area (Å²) in [6.45, 7) is 4.79. The number of rotatable bonds is 1. The molecule has 0 aromatic heterocycles. The molecular formula is C10H18. The van der Waals surface area contributed by atoms with Gasteiger partial charge in [0.05, 0.1) is 0 Å². The molecule has 0 bridgehead atoms. The van der Waals surface area contributed by atoms with Gasteiger partial charge >= 0.3 is 0 Å². The van der Waals surface area contributed by atoms with Crippen LogP contribution in [0.3, 0.4) is 0 Å². The van der Waals surface area contributed by atoms with Crippen LogP contribution in [0.5, 0.6) is 0 Å². The van der Waals surface area contributed by atoms with Crippen LogP contribution < -0.4 is 0 Å². The second kappa shape index (κ2) is 1.99. The zero-order valence-corrected chi connectivity index (χ0v) is 7.19. The van der Waals surface area contributed by atoms with Crippen molar-refractivity contribution in [3.05, 3.63) is 0 Å². The van der Waals surface area contributed by atoms with E-state index in [1.807, 2.05) is 0 Å². The van der Waals surface area contributed by atoms with Gasteiger partial charge in [0.2, 0.25) is 0 Å². The van der Waals surface area contributed by atoms with E-state index in [0.29, 0.717) is 0 Å². The van der Waals surface area contributed by atoms with Crippen LogP contribution in [-0.2, 0) is 0 Å². The van der Waals surface area contributed by atoms with Gasteiger partial charge in [0.25, 0.3) is 0 Å². The van der Waals surface area contributed by atoms with Gasteiger partial charge in [-0.05, 0) is 42.9 Å². The highest BCUT2D eigenvalue weighted by molar-refractivity contribution is 5.01. The average Bonchev–Trinajstić information content (AvgIpc) is 1.53. The summed E-state index contributed by atoms with van der Waals surface area (Å²) in [7, 11) is 0. The Hall–Kier alpha value is 0. The summed E-state index contributed by atoms with van der Waals surface area (Å²) < 4.78 is 0. The monoisotopic (exact) mass is 138 g/mol. The molecule has 1 spiro atoms. The third-order valence-electron chi connectivity index (χ3n) is 3.89. The van der Waals surface area contributed by atoms with Gasteiger partial charge in [-0.3, -0.25) is 0 Å². The molecule has 2 saturated carbocycles. The zero-order valence-electron chi connectivity index (χ0n) is 7.19. The summed E-state index contributed by atoms with van der Waals surface area (Å²) in [6, 6.07) is 0. The van der Waals surface area contributed by atoms with Crippen molar-refractivity contribution >= 4 is 0 Å². The summed E-state index contributed by atoms with van der Waals surface area (Å²) in [5.74, 6) is 2.05. The molecule has 0 nitrogen and oxygen atoms in total. The minimum atomic E-state index is 0.883. The minimum absolute atomic E-state index is 0.883. The molecule has 0 aromatic carbocycles. The smallest absolute Gasteiger partial charge is 0.0267 e. The first-order chi connectivity index (χ1) is 4.75. The third kappa shape index (κ3) is 0.681. The Morgan fingerprint density at radius 2 is 1.90 bits per heavy atom. The van der Waals surface area contributed by atoms with Gasteiger partial charge in [-0.1, -0.05) is 20.3 Å². The normalized spacial score (nSPS) is 35.7. The van der Waals surface area contributed by atoms with E-state index in [2.05, 4.69) is 13.8 Å². The van der Waals surface area contributed by atoms with Crippen molar-refractivity contribution in [2.45, 2.75) is 46.0 Å². The molecule has 0 heteroatoms. The molecule has 0 N–H and O–H groups in total. The van der Waals surface area contributed by atoms with Crippen LogP contribution in [0.25, 0.3) is 0 Å². The lowest BCUT2D eigenvalue weighted by Gasteiger charge is -2.58. The molecule has 0 radical (unpaired) electrons. The topological polar surface area (TPSA) is 0 Å². The van der Waals surface area contributed by atoms with Crippen molar-refractivity contribution in [3.63, 3.8) is 0 Å². The molecule has 0 amide bonds.